The first-order valence-corrected chi connectivity index (χ1v) is 5.37. The molecule has 4 nitrogen and oxygen atoms in total. The van der Waals surface area contributed by atoms with Crippen LogP contribution in [0, 0.1) is 10.8 Å². The van der Waals surface area contributed by atoms with Crippen LogP contribution in [-0.2, 0) is 0 Å². The maximum Gasteiger partial charge on any atom is 0.0581 e. The Labute approximate surface area is 84.3 Å². The van der Waals surface area contributed by atoms with Crippen molar-refractivity contribution in [3.05, 3.63) is 17.1 Å². The highest BCUT2D eigenvalue weighted by Crippen LogP contribution is 2.24. The third-order valence-electron chi connectivity index (χ3n) is 3.20. The van der Waals surface area contributed by atoms with Crippen LogP contribution < -0.4 is 5.32 Å². The van der Waals surface area contributed by atoms with E-state index < -0.39 is 0 Å². The number of nitrogens with zero attached hydrogens (tertiary/aromatic N) is 2. The van der Waals surface area contributed by atoms with Crippen molar-refractivity contribution in [2.45, 2.75) is 25.3 Å². The van der Waals surface area contributed by atoms with Crippen molar-refractivity contribution < 1.29 is 0 Å². The van der Waals surface area contributed by atoms with E-state index in [-0.39, 0.29) is 0 Å². The lowest BCUT2D eigenvalue weighted by atomic mass is 9.88. The van der Waals surface area contributed by atoms with Crippen molar-refractivity contribution in [2.75, 3.05) is 19.6 Å². The van der Waals surface area contributed by atoms with Crippen LogP contribution in [0.1, 0.15) is 19.3 Å². The van der Waals surface area contributed by atoms with Gasteiger partial charge in [-0.1, -0.05) is 12.2 Å². The molecule has 0 aromatic heterocycles. The first-order chi connectivity index (χ1) is 6.92. The van der Waals surface area contributed by atoms with E-state index in [1.807, 2.05) is 6.08 Å². The first kappa shape index (κ1) is 9.65. The van der Waals surface area contributed by atoms with Crippen molar-refractivity contribution in [1.82, 2.24) is 10.3 Å². The van der Waals surface area contributed by atoms with Crippen LogP contribution in [0.5, 0.6) is 0 Å². The summed E-state index contributed by atoms with van der Waals surface area (Å²) >= 11 is 0. The molecule has 0 aromatic rings. The normalized spacial score (nSPS) is 33.0. The molecular formula is C10H17N3O. The summed E-state index contributed by atoms with van der Waals surface area (Å²) in [6.45, 7) is 2.84. The predicted octanol–water partition coefficient (Wildman–Crippen LogP) is 1.30. The van der Waals surface area contributed by atoms with Gasteiger partial charge in [0.25, 0.3) is 0 Å². The molecule has 0 bridgehead atoms. The molecule has 1 saturated heterocycles. The maximum absolute atomic E-state index is 10.6. The number of nitroso groups, excluding NO2 is 1. The van der Waals surface area contributed by atoms with Gasteiger partial charge in [0.1, 0.15) is 0 Å². The SMILES string of the molecule is O=NN1CC=CCC1C1CCCNC1. The molecule has 0 aromatic carbocycles. The molecule has 0 aliphatic carbocycles. The van der Waals surface area contributed by atoms with E-state index in [9.17, 15) is 4.91 Å². The van der Waals surface area contributed by atoms with Gasteiger partial charge < -0.3 is 5.32 Å². The molecule has 4 heteroatoms. The lowest BCUT2D eigenvalue weighted by Crippen LogP contribution is -2.45. The van der Waals surface area contributed by atoms with Crippen molar-refractivity contribution in [1.29, 1.82) is 0 Å². The van der Waals surface area contributed by atoms with Crippen LogP contribution in [0.3, 0.4) is 0 Å². The Bertz CT molecular complexity index is 223. The highest BCUT2D eigenvalue weighted by Gasteiger charge is 2.29. The molecule has 1 N–H and O–H groups in total. The smallest absolute Gasteiger partial charge is 0.0581 e. The fourth-order valence-electron chi connectivity index (χ4n) is 2.41. The van der Waals surface area contributed by atoms with Crippen LogP contribution in [0.25, 0.3) is 0 Å². The number of piperidine rings is 1. The quantitative estimate of drug-likeness (QED) is 0.533. The van der Waals surface area contributed by atoms with E-state index >= 15 is 0 Å². The Kier molecular flexibility index (Phi) is 3.14. The summed E-state index contributed by atoms with van der Waals surface area (Å²) in [4.78, 5) is 10.6. The minimum Gasteiger partial charge on any atom is -0.316 e. The average molecular weight is 195 g/mol. The summed E-state index contributed by atoms with van der Waals surface area (Å²) in [7, 11) is 0. The van der Waals surface area contributed by atoms with Gasteiger partial charge in [0.05, 0.1) is 17.9 Å². The Balaban J connectivity index is 1.99. The van der Waals surface area contributed by atoms with E-state index in [0.717, 1.165) is 19.5 Å². The zero-order valence-corrected chi connectivity index (χ0v) is 8.35. The fraction of sp³-hybridized carbons (Fsp3) is 0.800. The third-order valence-corrected chi connectivity index (χ3v) is 3.20. The molecule has 0 saturated carbocycles. The molecule has 78 valence electrons. The predicted molar refractivity (Wildman–Crippen MR) is 55.6 cm³/mol. The Morgan fingerprint density at radius 1 is 1.43 bits per heavy atom. The van der Waals surface area contributed by atoms with Crippen molar-refractivity contribution in [3.8, 4) is 0 Å². The van der Waals surface area contributed by atoms with Gasteiger partial charge in [-0.05, 0) is 38.3 Å². The highest BCUT2D eigenvalue weighted by molar-refractivity contribution is 4.98. The van der Waals surface area contributed by atoms with Crippen LogP contribution in [-0.4, -0.2) is 30.7 Å². The van der Waals surface area contributed by atoms with E-state index in [2.05, 4.69) is 16.7 Å². The van der Waals surface area contributed by atoms with Gasteiger partial charge in [-0.25, -0.2) is 0 Å². The van der Waals surface area contributed by atoms with Crippen LogP contribution in [0.15, 0.2) is 17.4 Å². The average Bonchev–Trinajstić information content (AvgIpc) is 2.30. The molecule has 2 atom stereocenters. The summed E-state index contributed by atoms with van der Waals surface area (Å²) in [5.41, 5.74) is 0. The number of nitrogens with one attached hydrogen (secondary N) is 1. The summed E-state index contributed by atoms with van der Waals surface area (Å²) in [5.74, 6) is 0.589. The van der Waals surface area contributed by atoms with Crippen LogP contribution in [0.2, 0.25) is 0 Å². The van der Waals surface area contributed by atoms with E-state index in [1.165, 1.54) is 12.8 Å². The molecule has 2 aliphatic rings. The topological polar surface area (TPSA) is 44.7 Å². The second-order valence-electron chi connectivity index (χ2n) is 4.08. The molecule has 2 rings (SSSR count). The molecule has 2 unspecified atom stereocenters. The largest absolute Gasteiger partial charge is 0.316 e. The van der Waals surface area contributed by atoms with Crippen molar-refractivity contribution in [3.63, 3.8) is 0 Å². The van der Waals surface area contributed by atoms with Gasteiger partial charge in [-0.2, -0.15) is 0 Å². The second kappa shape index (κ2) is 4.55. The Morgan fingerprint density at radius 2 is 2.36 bits per heavy atom. The van der Waals surface area contributed by atoms with E-state index in [0.29, 0.717) is 18.5 Å². The van der Waals surface area contributed by atoms with E-state index in [1.54, 1.807) is 5.01 Å². The van der Waals surface area contributed by atoms with Gasteiger partial charge in [0, 0.05) is 0 Å². The second-order valence-corrected chi connectivity index (χ2v) is 4.08. The molecule has 0 amide bonds. The third kappa shape index (κ3) is 1.95. The standard InChI is InChI=1S/C10H17N3O/c14-12-13-7-2-1-5-10(13)9-4-3-6-11-8-9/h1-2,9-11H,3-8H2. The molecule has 2 aliphatic heterocycles. The zero-order chi connectivity index (χ0) is 9.80. The van der Waals surface area contributed by atoms with Crippen LogP contribution in [0.4, 0.5) is 0 Å². The van der Waals surface area contributed by atoms with Gasteiger partial charge >= 0.3 is 0 Å². The summed E-state index contributed by atoms with van der Waals surface area (Å²) in [5, 5.41) is 8.18. The van der Waals surface area contributed by atoms with Crippen molar-refractivity contribution >= 4 is 0 Å². The first-order valence-electron chi connectivity index (χ1n) is 5.37. The maximum atomic E-state index is 10.6. The van der Waals surface area contributed by atoms with Gasteiger partial charge in [0.2, 0.25) is 0 Å². The Morgan fingerprint density at radius 3 is 3.07 bits per heavy atom. The minimum absolute atomic E-state index is 0.324. The summed E-state index contributed by atoms with van der Waals surface area (Å²) in [6, 6.07) is 0.324. The number of hydrogen-bond acceptors (Lipinski definition) is 3. The zero-order valence-electron chi connectivity index (χ0n) is 8.35. The Hall–Kier alpha value is -0.900. The molecule has 0 spiro atoms. The van der Waals surface area contributed by atoms with Gasteiger partial charge in [-0.15, -0.1) is 4.91 Å². The monoisotopic (exact) mass is 195 g/mol. The van der Waals surface area contributed by atoms with E-state index in [4.69, 9.17) is 0 Å². The van der Waals surface area contributed by atoms with Gasteiger partial charge in [-0.3, -0.25) is 5.01 Å². The lowest BCUT2D eigenvalue weighted by molar-refractivity contribution is 0.133. The molecule has 0 radical (unpaired) electrons. The van der Waals surface area contributed by atoms with Crippen molar-refractivity contribution in [2.24, 2.45) is 11.2 Å². The molecule has 1 fully saturated rings. The highest BCUT2D eigenvalue weighted by atomic mass is 16.3. The summed E-state index contributed by atoms with van der Waals surface area (Å²) in [6.07, 6.45) is 7.60. The number of rotatable bonds is 2. The number of hydrogen-bond donors (Lipinski definition) is 1. The fourth-order valence-corrected chi connectivity index (χ4v) is 2.41. The minimum atomic E-state index is 0.324. The summed E-state index contributed by atoms with van der Waals surface area (Å²) < 4.78 is 0. The van der Waals surface area contributed by atoms with Gasteiger partial charge in [0.15, 0.2) is 0 Å². The lowest BCUT2D eigenvalue weighted by Gasteiger charge is -2.36. The molecule has 2 heterocycles. The van der Waals surface area contributed by atoms with Crippen LogP contribution >= 0.6 is 0 Å². The molecule has 14 heavy (non-hydrogen) atoms. The molecular weight excluding hydrogens is 178 g/mol.